The molecule has 5 nitrogen and oxygen atoms in total. The molecular formula is C16H25N3O2S. The van der Waals surface area contributed by atoms with E-state index in [1.165, 1.54) is 0 Å². The number of nitrogens with one attached hydrogen (secondary N) is 1. The van der Waals surface area contributed by atoms with Crippen LogP contribution in [0.1, 0.15) is 38.2 Å². The van der Waals surface area contributed by atoms with Gasteiger partial charge in [0.15, 0.2) is 0 Å². The van der Waals surface area contributed by atoms with Crippen LogP contribution in [-0.4, -0.2) is 44.2 Å². The number of aromatic nitrogens is 1. The molecule has 0 spiro atoms. The van der Waals surface area contributed by atoms with Gasteiger partial charge in [0.05, 0.1) is 5.25 Å². The highest BCUT2D eigenvalue weighted by atomic mass is 32.2. The molecule has 0 radical (unpaired) electrons. The molecule has 0 unspecified atom stereocenters. The lowest BCUT2D eigenvalue weighted by Crippen LogP contribution is -2.50. The van der Waals surface area contributed by atoms with Crippen LogP contribution < -0.4 is 5.32 Å². The fraction of sp³-hybridized carbons (Fsp3) is 0.625. The molecule has 6 heteroatoms. The quantitative estimate of drug-likeness (QED) is 0.904. The minimum absolute atomic E-state index is 0.0296. The van der Waals surface area contributed by atoms with Crippen LogP contribution in [0.3, 0.4) is 0 Å². The van der Waals surface area contributed by atoms with Gasteiger partial charge >= 0.3 is 6.03 Å². The summed E-state index contributed by atoms with van der Waals surface area (Å²) in [5.41, 5.74) is 1.05. The zero-order valence-electron chi connectivity index (χ0n) is 13.3. The molecule has 1 aliphatic rings. The first-order valence-corrected chi connectivity index (χ1v) is 9.27. The molecule has 3 atom stereocenters. The molecule has 2 rings (SSSR count). The van der Waals surface area contributed by atoms with E-state index in [-0.39, 0.29) is 17.3 Å². The molecule has 122 valence electrons. The van der Waals surface area contributed by atoms with Gasteiger partial charge in [0, 0.05) is 48.6 Å². The van der Waals surface area contributed by atoms with E-state index in [0.29, 0.717) is 12.3 Å². The molecule has 1 aliphatic carbocycles. The Bertz CT molecular complexity index is 509. The average Bonchev–Trinajstić information content (AvgIpc) is 2.55. The summed E-state index contributed by atoms with van der Waals surface area (Å²) in [7, 11) is 0.930. The maximum Gasteiger partial charge on any atom is 0.317 e. The number of nitrogens with zero attached hydrogens (tertiary/aromatic N) is 2. The average molecular weight is 323 g/mol. The Balaban J connectivity index is 1.93. The maximum atomic E-state index is 12.4. The second-order valence-electron chi connectivity index (χ2n) is 5.76. The van der Waals surface area contributed by atoms with Crippen molar-refractivity contribution in [1.29, 1.82) is 0 Å². The van der Waals surface area contributed by atoms with Crippen LogP contribution in [0.5, 0.6) is 0 Å². The minimum atomic E-state index is -0.853. The molecule has 2 amide bonds. The number of carbonyl (C=O) groups excluding carboxylic acids is 1. The third-order valence-electron chi connectivity index (χ3n) is 4.15. The number of carbonyl (C=O) groups is 1. The minimum Gasteiger partial charge on any atom is -0.334 e. The van der Waals surface area contributed by atoms with Gasteiger partial charge in [-0.15, -0.1) is 0 Å². The molecule has 0 aromatic carbocycles. The monoisotopic (exact) mass is 323 g/mol. The summed E-state index contributed by atoms with van der Waals surface area (Å²) in [6.07, 6.45) is 7.52. The smallest absolute Gasteiger partial charge is 0.317 e. The SMILES string of the molecule is CC[S@](=O)[C@H]1CCCC[C@H]1NC(=O)N(C)Cc1ccncc1. The summed E-state index contributed by atoms with van der Waals surface area (Å²) in [6, 6.07) is 3.74. The van der Waals surface area contributed by atoms with Crippen LogP contribution in [-0.2, 0) is 17.3 Å². The van der Waals surface area contributed by atoms with Crippen LogP contribution in [0.4, 0.5) is 4.79 Å². The molecule has 0 aliphatic heterocycles. The summed E-state index contributed by atoms with van der Waals surface area (Å²) >= 11 is 0. The first-order chi connectivity index (χ1) is 10.6. The first-order valence-electron chi connectivity index (χ1n) is 7.89. The normalized spacial score (nSPS) is 22.8. The van der Waals surface area contributed by atoms with E-state index in [1.54, 1.807) is 24.3 Å². The Morgan fingerprint density at radius 2 is 2.05 bits per heavy atom. The maximum absolute atomic E-state index is 12.4. The zero-order valence-corrected chi connectivity index (χ0v) is 14.1. The lowest BCUT2D eigenvalue weighted by atomic mass is 9.95. The van der Waals surface area contributed by atoms with E-state index in [9.17, 15) is 9.00 Å². The predicted octanol–water partition coefficient (Wildman–Crippen LogP) is 2.30. The molecule has 0 bridgehead atoms. The Kier molecular flexibility index (Phi) is 6.36. The fourth-order valence-corrected chi connectivity index (χ4v) is 4.32. The van der Waals surface area contributed by atoms with Crippen molar-refractivity contribution in [2.45, 2.75) is 50.4 Å². The predicted molar refractivity (Wildman–Crippen MR) is 89.0 cm³/mol. The Labute approximate surface area is 135 Å². The topological polar surface area (TPSA) is 62.3 Å². The third-order valence-corrected chi connectivity index (χ3v) is 5.96. The number of pyridine rings is 1. The molecule has 1 aromatic rings. The summed E-state index contributed by atoms with van der Waals surface area (Å²) in [4.78, 5) is 18.0. The lowest BCUT2D eigenvalue weighted by molar-refractivity contribution is 0.199. The molecule has 1 heterocycles. The largest absolute Gasteiger partial charge is 0.334 e. The van der Waals surface area contributed by atoms with Crippen molar-refractivity contribution in [3.63, 3.8) is 0 Å². The molecule has 1 saturated carbocycles. The van der Waals surface area contributed by atoms with Crippen LogP contribution in [0, 0.1) is 0 Å². The number of rotatable bonds is 5. The van der Waals surface area contributed by atoms with Gasteiger partial charge in [-0.05, 0) is 30.5 Å². The summed E-state index contributed by atoms with van der Waals surface area (Å²) in [5.74, 6) is 0.657. The molecule has 1 N–H and O–H groups in total. The van der Waals surface area contributed by atoms with E-state index in [1.807, 2.05) is 19.1 Å². The van der Waals surface area contributed by atoms with Crippen LogP contribution >= 0.6 is 0 Å². The van der Waals surface area contributed by atoms with Gasteiger partial charge < -0.3 is 10.2 Å². The Morgan fingerprint density at radius 1 is 1.36 bits per heavy atom. The summed E-state index contributed by atoms with van der Waals surface area (Å²) < 4.78 is 12.2. The van der Waals surface area contributed by atoms with Gasteiger partial charge in [0.1, 0.15) is 0 Å². The standard InChI is InChI=1S/C16H25N3O2S/c1-3-22(21)15-7-5-4-6-14(15)18-16(20)19(2)12-13-8-10-17-11-9-13/h8-11,14-15H,3-7,12H2,1-2H3,(H,18,20)/t14-,15+,22+/m1/s1. The molecule has 0 saturated heterocycles. The van der Waals surface area contributed by atoms with Crippen molar-refractivity contribution >= 4 is 16.8 Å². The van der Waals surface area contributed by atoms with Gasteiger partial charge in [-0.25, -0.2) is 4.79 Å². The molecular weight excluding hydrogens is 298 g/mol. The summed E-state index contributed by atoms with van der Waals surface area (Å²) in [6.45, 7) is 2.49. The lowest BCUT2D eigenvalue weighted by Gasteiger charge is -2.32. The van der Waals surface area contributed by atoms with Crippen LogP contribution in [0.25, 0.3) is 0 Å². The second-order valence-corrected chi connectivity index (χ2v) is 7.70. The van der Waals surface area contributed by atoms with Gasteiger partial charge in [0.25, 0.3) is 0 Å². The van der Waals surface area contributed by atoms with Crippen molar-refractivity contribution in [2.75, 3.05) is 12.8 Å². The molecule has 1 aromatic heterocycles. The Morgan fingerprint density at radius 3 is 2.73 bits per heavy atom. The number of hydrogen-bond donors (Lipinski definition) is 1. The van der Waals surface area contributed by atoms with Gasteiger partial charge in [-0.2, -0.15) is 0 Å². The van der Waals surface area contributed by atoms with Gasteiger partial charge in [0.2, 0.25) is 0 Å². The van der Waals surface area contributed by atoms with Crippen molar-refractivity contribution in [3.8, 4) is 0 Å². The van der Waals surface area contributed by atoms with E-state index in [0.717, 1.165) is 31.2 Å². The third kappa shape index (κ3) is 4.53. The van der Waals surface area contributed by atoms with Crippen molar-refractivity contribution < 1.29 is 9.00 Å². The van der Waals surface area contributed by atoms with Gasteiger partial charge in [-0.3, -0.25) is 9.19 Å². The second kappa shape index (κ2) is 8.27. The molecule has 1 fully saturated rings. The van der Waals surface area contributed by atoms with E-state index >= 15 is 0 Å². The van der Waals surface area contributed by atoms with E-state index < -0.39 is 10.8 Å². The van der Waals surface area contributed by atoms with E-state index in [4.69, 9.17) is 0 Å². The van der Waals surface area contributed by atoms with Crippen molar-refractivity contribution in [1.82, 2.24) is 15.2 Å². The first kappa shape index (κ1) is 16.9. The highest BCUT2D eigenvalue weighted by molar-refractivity contribution is 7.85. The van der Waals surface area contributed by atoms with Crippen LogP contribution in [0.2, 0.25) is 0 Å². The number of amides is 2. The van der Waals surface area contributed by atoms with Crippen molar-refractivity contribution in [2.24, 2.45) is 0 Å². The number of urea groups is 1. The number of hydrogen-bond acceptors (Lipinski definition) is 3. The summed E-state index contributed by atoms with van der Waals surface area (Å²) in [5, 5.41) is 3.18. The highest BCUT2D eigenvalue weighted by Crippen LogP contribution is 2.23. The van der Waals surface area contributed by atoms with Crippen molar-refractivity contribution in [3.05, 3.63) is 30.1 Å². The Hall–Kier alpha value is -1.43. The van der Waals surface area contributed by atoms with Gasteiger partial charge in [-0.1, -0.05) is 19.8 Å². The van der Waals surface area contributed by atoms with Crippen LogP contribution in [0.15, 0.2) is 24.5 Å². The zero-order chi connectivity index (χ0) is 15.9. The fourth-order valence-electron chi connectivity index (χ4n) is 2.89. The van der Waals surface area contributed by atoms with E-state index in [2.05, 4.69) is 10.3 Å². The molecule has 22 heavy (non-hydrogen) atoms. The highest BCUT2D eigenvalue weighted by Gasteiger charge is 2.30.